The standard InChI is InChI=1S/C19H28N4O.HI/c1-14-6-4-5-7-17(14)15-10-11-23(13-15)19(21-16-8-9-16)20-12-18(24)22(2)3;/h4-7,15-16H,8-13H2,1-3H3,(H,20,21);1H. The first-order valence-corrected chi connectivity index (χ1v) is 8.86. The summed E-state index contributed by atoms with van der Waals surface area (Å²) in [4.78, 5) is 20.4. The summed E-state index contributed by atoms with van der Waals surface area (Å²) >= 11 is 0. The second kappa shape index (κ2) is 8.87. The van der Waals surface area contributed by atoms with Gasteiger partial charge in [-0.1, -0.05) is 24.3 Å². The fourth-order valence-corrected chi connectivity index (χ4v) is 3.18. The number of carbonyl (C=O) groups is 1. The van der Waals surface area contributed by atoms with Gasteiger partial charge in [-0.15, -0.1) is 24.0 Å². The molecule has 138 valence electrons. The van der Waals surface area contributed by atoms with E-state index in [4.69, 9.17) is 0 Å². The van der Waals surface area contributed by atoms with Gasteiger partial charge in [-0.2, -0.15) is 0 Å². The highest BCUT2D eigenvalue weighted by Gasteiger charge is 2.30. The molecular weight excluding hydrogens is 427 g/mol. The third-order valence-corrected chi connectivity index (χ3v) is 4.89. The number of hydrogen-bond acceptors (Lipinski definition) is 2. The zero-order valence-electron chi connectivity index (χ0n) is 15.4. The van der Waals surface area contributed by atoms with Crippen LogP contribution in [0.15, 0.2) is 29.3 Å². The van der Waals surface area contributed by atoms with Gasteiger partial charge in [0.2, 0.25) is 5.91 Å². The molecule has 6 heteroatoms. The number of carbonyl (C=O) groups excluding carboxylic acids is 1. The topological polar surface area (TPSA) is 47.9 Å². The lowest BCUT2D eigenvalue weighted by molar-refractivity contribution is -0.127. The Morgan fingerprint density at radius 3 is 2.64 bits per heavy atom. The first kappa shape index (κ1) is 20.0. The summed E-state index contributed by atoms with van der Waals surface area (Å²) in [6.07, 6.45) is 3.54. The van der Waals surface area contributed by atoms with Crippen molar-refractivity contribution in [3.63, 3.8) is 0 Å². The van der Waals surface area contributed by atoms with Crippen LogP contribution >= 0.6 is 24.0 Å². The molecule has 5 nitrogen and oxygen atoms in total. The molecule has 1 unspecified atom stereocenters. The molecule has 0 spiro atoms. The van der Waals surface area contributed by atoms with E-state index in [0.29, 0.717) is 12.0 Å². The largest absolute Gasteiger partial charge is 0.353 e. The molecule has 2 fully saturated rings. The van der Waals surface area contributed by atoms with Crippen LogP contribution < -0.4 is 5.32 Å². The fraction of sp³-hybridized carbons (Fsp3) is 0.579. The Labute approximate surface area is 167 Å². The molecule has 1 amide bonds. The monoisotopic (exact) mass is 456 g/mol. The van der Waals surface area contributed by atoms with E-state index in [0.717, 1.165) is 25.5 Å². The van der Waals surface area contributed by atoms with Gasteiger partial charge in [0.25, 0.3) is 0 Å². The molecule has 3 rings (SSSR count). The second-order valence-electron chi connectivity index (χ2n) is 7.13. The van der Waals surface area contributed by atoms with E-state index < -0.39 is 0 Å². The Bertz CT molecular complexity index is 628. The summed E-state index contributed by atoms with van der Waals surface area (Å²) in [5, 5.41) is 3.52. The number of hydrogen-bond donors (Lipinski definition) is 1. The number of nitrogens with one attached hydrogen (secondary N) is 1. The lowest BCUT2D eigenvalue weighted by Gasteiger charge is -2.23. The lowest BCUT2D eigenvalue weighted by atomic mass is 9.94. The highest BCUT2D eigenvalue weighted by molar-refractivity contribution is 14.0. The number of benzene rings is 1. The van der Waals surface area contributed by atoms with Crippen molar-refractivity contribution in [2.75, 3.05) is 33.7 Å². The average Bonchev–Trinajstić information content (AvgIpc) is 3.25. The molecule has 0 radical (unpaired) electrons. The van der Waals surface area contributed by atoms with Crippen LogP contribution in [-0.4, -0.2) is 61.4 Å². The number of likely N-dealkylation sites (N-methyl/N-ethyl adjacent to an activating group) is 1. The van der Waals surface area contributed by atoms with Crippen LogP contribution in [0, 0.1) is 6.92 Å². The number of guanidine groups is 1. The zero-order chi connectivity index (χ0) is 17.1. The van der Waals surface area contributed by atoms with E-state index in [1.165, 1.54) is 24.0 Å². The summed E-state index contributed by atoms with van der Waals surface area (Å²) in [6, 6.07) is 9.18. The van der Waals surface area contributed by atoms with Gasteiger partial charge in [0.1, 0.15) is 6.54 Å². The van der Waals surface area contributed by atoms with Gasteiger partial charge in [-0.25, -0.2) is 4.99 Å². The van der Waals surface area contributed by atoms with Crippen molar-refractivity contribution in [3.8, 4) is 0 Å². The molecule has 1 heterocycles. The average molecular weight is 456 g/mol. The van der Waals surface area contributed by atoms with E-state index in [1.807, 2.05) is 0 Å². The number of amides is 1. The van der Waals surface area contributed by atoms with Crippen molar-refractivity contribution in [3.05, 3.63) is 35.4 Å². The number of aliphatic imine (C=N–C) groups is 1. The minimum absolute atomic E-state index is 0. The van der Waals surface area contributed by atoms with Gasteiger partial charge < -0.3 is 15.1 Å². The van der Waals surface area contributed by atoms with Gasteiger partial charge in [-0.05, 0) is 37.3 Å². The maximum absolute atomic E-state index is 11.9. The predicted molar refractivity (Wildman–Crippen MR) is 113 cm³/mol. The molecule has 1 saturated carbocycles. The van der Waals surface area contributed by atoms with E-state index in [-0.39, 0.29) is 36.4 Å². The summed E-state index contributed by atoms with van der Waals surface area (Å²) in [6.45, 7) is 4.37. The Kier molecular flexibility index (Phi) is 7.10. The molecule has 1 N–H and O–H groups in total. The van der Waals surface area contributed by atoms with Gasteiger partial charge in [0.15, 0.2) is 5.96 Å². The van der Waals surface area contributed by atoms with Gasteiger partial charge >= 0.3 is 0 Å². The molecule has 1 atom stereocenters. The summed E-state index contributed by atoms with van der Waals surface area (Å²) < 4.78 is 0. The third-order valence-electron chi connectivity index (χ3n) is 4.89. The third kappa shape index (κ3) is 5.33. The van der Waals surface area contributed by atoms with Crippen LogP contribution in [-0.2, 0) is 4.79 Å². The Morgan fingerprint density at radius 1 is 1.28 bits per heavy atom. The van der Waals surface area contributed by atoms with E-state index in [2.05, 4.69) is 46.4 Å². The molecular formula is C19H29IN4O. The minimum Gasteiger partial charge on any atom is -0.353 e. The van der Waals surface area contributed by atoms with Gasteiger partial charge in [0, 0.05) is 39.1 Å². The molecule has 1 aliphatic heterocycles. The van der Waals surface area contributed by atoms with Crippen LogP contribution in [0.5, 0.6) is 0 Å². The Morgan fingerprint density at radius 2 is 2.00 bits per heavy atom. The van der Waals surface area contributed by atoms with Crippen LogP contribution in [0.1, 0.15) is 36.3 Å². The van der Waals surface area contributed by atoms with Gasteiger partial charge in [0.05, 0.1) is 0 Å². The molecule has 0 aromatic heterocycles. The normalized spacial score (nSPS) is 20.2. The number of nitrogens with zero attached hydrogens (tertiary/aromatic N) is 3. The van der Waals surface area contributed by atoms with Crippen molar-refractivity contribution in [1.82, 2.24) is 15.1 Å². The summed E-state index contributed by atoms with van der Waals surface area (Å²) in [5.74, 6) is 1.49. The Balaban J connectivity index is 0.00000225. The molecule has 1 aromatic rings. The SMILES string of the molecule is Cc1ccccc1C1CCN(C(=NCC(=O)N(C)C)NC2CC2)C1.I. The smallest absolute Gasteiger partial charge is 0.243 e. The van der Waals surface area contributed by atoms with Crippen LogP contribution in [0.3, 0.4) is 0 Å². The molecule has 0 bridgehead atoms. The maximum Gasteiger partial charge on any atom is 0.243 e. The number of likely N-dealkylation sites (tertiary alicyclic amines) is 1. The first-order valence-electron chi connectivity index (χ1n) is 8.86. The van der Waals surface area contributed by atoms with E-state index in [1.54, 1.807) is 19.0 Å². The van der Waals surface area contributed by atoms with Gasteiger partial charge in [-0.3, -0.25) is 4.79 Å². The zero-order valence-corrected chi connectivity index (χ0v) is 17.7. The summed E-state index contributed by atoms with van der Waals surface area (Å²) in [5.41, 5.74) is 2.80. The summed E-state index contributed by atoms with van der Waals surface area (Å²) in [7, 11) is 3.55. The van der Waals surface area contributed by atoms with E-state index in [9.17, 15) is 4.79 Å². The van der Waals surface area contributed by atoms with Crippen LogP contribution in [0.2, 0.25) is 0 Å². The highest BCUT2D eigenvalue weighted by Crippen LogP contribution is 2.30. The van der Waals surface area contributed by atoms with Crippen molar-refractivity contribution >= 4 is 35.8 Å². The van der Waals surface area contributed by atoms with Crippen LogP contribution in [0.25, 0.3) is 0 Å². The lowest BCUT2D eigenvalue weighted by Crippen LogP contribution is -2.42. The highest BCUT2D eigenvalue weighted by atomic mass is 127. The van der Waals surface area contributed by atoms with Crippen molar-refractivity contribution in [2.24, 2.45) is 4.99 Å². The number of aryl methyl sites for hydroxylation is 1. The maximum atomic E-state index is 11.9. The fourth-order valence-electron chi connectivity index (χ4n) is 3.18. The minimum atomic E-state index is 0. The quantitative estimate of drug-likeness (QED) is 0.431. The predicted octanol–water partition coefficient (Wildman–Crippen LogP) is 2.60. The van der Waals surface area contributed by atoms with Crippen molar-refractivity contribution in [1.29, 1.82) is 0 Å². The van der Waals surface area contributed by atoms with Crippen molar-refractivity contribution < 1.29 is 4.79 Å². The molecule has 1 saturated heterocycles. The molecule has 1 aliphatic carbocycles. The number of rotatable bonds is 4. The number of halogens is 1. The molecule has 2 aliphatic rings. The molecule has 25 heavy (non-hydrogen) atoms. The first-order chi connectivity index (χ1) is 11.5. The van der Waals surface area contributed by atoms with Crippen molar-refractivity contribution in [2.45, 2.75) is 38.1 Å². The second-order valence-corrected chi connectivity index (χ2v) is 7.13. The Hall–Kier alpha value is -1.31. The van der Waals surface area contributed by atoms with Crippen LogP contribution in [0.4, 0.5) is 0 Å². The molecule has 1 aromatic carbocycles. The van der Waals surface area contributed by atoms with E-state index >= 15 is 0 Å².